The molecule has 0 fully saturated rings. The fourth-order valence-corrected chi connectivity index (χ4v) is 3.08. The minimum atomic E-state index is -0.798. The zero-order valence-electron chi connectivity index (χ0n) is 11.6. The van der Waals surface area contributed by atoms with Crippen molar-refractivity contribution in [2.75, 3.05) is 12.8 Å². The third-order valence-corrected chi connectivity index (χ3v) is 4.60. The summed E-state index contributed by atoms with van der Waals surface area (Å²) in [6.45, 7) is 0. The average Bonchev–Trinajstić information content (AvgIpc) is 2.49. The highest BCUT2D eigenvalue weighted by Crippen LogP contribution is 2.22. The second-order valence-electron chi connectivity index (χ2n) is 4.67. The minimum absolute atomic E-state index is 0.0574. The molecule has 0 bridgehead atoms. The molecule has 1 atom stereocenters. The van der Waals surface area contributed by atoms with Gasteiger partial charge < -0.3 is 5.32 Å². The molecule has 1 N–H and O–H groups in total. The number of hydrogen-bond donors (Lipinski definition) is 1. The van der Waals surface area contributed by atoms with Gasteiger partial charge in [0.15, 0.2) is 11.6 Å². The number of nitrogens with one attached hydrogen (secondary N) is 1. The molecule has 1 nitrogen and oxygen atoms in total. The van der Waals surface area contributed by atoms with Crippen LogP contribution < -0.4 is 5.32 Å². The van der Waals surface area contributed by atoms with E-state index in [0.717, 1.165) is 16.7 Å². The molecule has 0 saturated heterocycles. The van der Waals surface area contributed by atoms with E-state index in [-0.39, 0.29) is 6.04 Å². The Morgan fingerprint density at radius 3 is 2.52 bits per heavy atom. The van der Waals surface area contributed by atoms with Crippen LogP contribution in [0, 0.1) is 11.6 Å². The lowest BCUT2D eigenvalue weighted by atomic mass is 10.1. The van der Waals surface area contributed by atoms with Crippen LogP contribution in [-0.2, 0) is 6.42 Å². The SMILES string of the molecule is CNC(CSc1ccc(Cl)cc1)Cc1cccc(F)c1F. The largest absolute Gasteiger partial charge is 0.316 e. The molecule has 0 heterocycles. The van der Waals surface area contributed by atoms with Gasteiger partial charge in [0.2, 0.25) is 0 Å². The van der Waals surface area contributed by atoms with Crippen molar-refractivity contribution in [3.8, 4) is 0 Å². The summed E-state index contributed by atoms with van der Waals surface area (Å²) in [5.41, 5.74) is 0.394. The van der Waals surface area contributed by atoms with Crippen LogP contribution in [0.3, 0.4) is 0 Å². The summed E-state index contributed by atoms with van der Waals surface area (Å²) >= 11 is 7.50. The molecule has 2 aromatic rings. The monoisotopic (exact) mass is 327 g/mol. The number of likely N-dealkylation sites (N-methyl/N-ethyl adjacent to an activating group) is 1. The van der Waals surface area contributed by atoms with Gasteiger partial charge in [0.05, 0.1) is 0 Å². The van der Waals surface area contributed by atoms with Gasteiger partial charge in [0.25, 0.3) is 0 Å². The molecule has 5 heteroatoms. The lowest BCUT2D eigenvalue weighted by Gasteiger charge is -2.16. The highest BCUT2D eigenvalue weighted by atomic mass is 35.5. The third kappa shape index (κ3) is 4.70. The van der Waals surface area contributed by atoms with Gasteiger partial charge in [-0.25, -0.2) is 8.78 Å². The number of thioether (sulfide) groups is 1. The summed E-state index contributed by atoms with van der Waals surface area (Å²) in [7, 11) is 1.82. The van der Waals surface area contributed by atoms with Crippen LogP contribution >= 0.6 is 23.4 Å². The Morgan fingerprint density at radius 2 is 1.86 bits per heavy atom. The molecule has 0 aliphatic rings. The fourth-order valence-electron chi connectivity index (χ4n) is 1.94. The van der Waals surface area contributed by atoms with Gasteiger partial charge in [0.1, 0.15) is 0 Å². The Kier molecular flexibility index (Phi) is 6.03. The van der Waals surface area contributed by atoms with Crippen molar-refractivity contribution in [3.05, 3.63) is 64.7 Å². The van der Waals surface area contributed by atoms with Crippen molar-refractivity contribution < 1.29 is 8.78 Å². The molecule has 2 rings (SSSR count). The summed E-state index contributed by atoms with van der Waals surface area (Å²) in [5, 5.41) is 3.84. The molecule has 0 aliphatic carbocycles. The molecular weight excluding hydrogens is 312 g/mol. The van der Waals surface area contributed by atoms with E-state index >= 15 is 0 Å². The molecule has 0 amide bonds. The first kappa shape index (κ1) is 16.3. The molecule has 0 radical (unpaired) electrons. The van der Waals surface area contributed by atoms with E-state index in [4.69, 9.17) is 11.6 Å². The molecule has 0 aliphatic heterocycles. The van der Waals surface area contributed by atoms with Gasteiger partial charge in [-0.3, -0.25) is 0 Å². The van der Waals surface area contributed by atoms with Crippen molar-refractivity contribution >= 4 is 23.4 Å². The second kappa shape index (κ2) is 7.78. The molecule has 0 aromatic heterocycles. The van der Waals surface area contributed by atoms with Crippen LogP contribution in [0.25, 0.3) is 0 Å². The summed E-state index contributed by atoms with van der Waals surface area (Å²) in [6, 6.07) is 11.9. The van der Waals surface area contributed by atoms with Crippen molar-refractivity contribution in [1.82, 2.24) is 5.32 Å². The van der Waals surface area contributed by atoms with E-state index in [1.165, 1.54) is 6.07 Å². The molecule has 1 unspecified atom stereocenters. The molecule has 21 heavy (non-hydrogen) atoms. The summed E-state index contributed by atoms with van der Waals surface area (Å²) in [5.74, 6) is -0.796. The van der Waals surface area contributed by atoms with E-state index in [9.17, 15) is 8.78 Å². The van der Waals surface area contributed by atoms with Gasteiger partial charge in [0, 0.05) is 21.7 Å². The Labute approximate surface area is 132 Å². The summed E-state index contributed by atoms with van der Waals surface area (Å²) in [4.78, 5) is 1.10. The number of benzene rings is 2. The average molecular weight is 328 g/mol. The first-order valence-electron chi connectivity index (χ1n) is 6.58. The van der Waals surface area contributed by atoms with Gasteiger partial charge in [-0.2, -0.15) is 0 Å². The first-order valence-corrected chi connectivity index (χ1v) is 7.95. The molecule has 0 spiro atoms. The standard InChI is InChI=1S/C16H16ClF2NS/c1-20-13(9-11-3-2-4-15(18)16(11)19)10-21-14-7-5-12(17)6-8-14/h2-8,13,20H,9-10H2,1H3. The van der Waals surface area contributed by atoms with E-state index in [1.807, 2.05) is 31.3 Å². The third-order valence-electron chi connectivity index (χ3n) is 3.17. The maximum Gasteiger partial charge on any atom is 0.162 e. The molecular formula is C16H16ClF2NS. The fraction of sp³-hybridized carbons (Fsp3) is 0.250. The topological polar surface area (TPSA) is 12.0 Å². The first-order chi connectivity index (χ1) is 10.1. The van der Waals surface area contributed by atoms with Gasteiger partial charge in [-0.1, -0.05) is 23.7 Å². The Bertz CT molecular complexity index is 589. The van der Waals surface area contributed by atoms with Crippen molar-refractivity contribution in [2.24, 2.45) is 0 Å². The molecule has 0 saturated carbocycles. The van der Waals surface area contributed by atoms with E-state index in [1.54, 1.807) is 17.8 Å². The molecule has 112 valence electrons. The van der Waals surface area contributed by atoms with E-state index < -0.39 is 11.6 Å². The van der Waals surface area contributed by atoms with Gasteiger partial charge >= 0.3 is 0 Å². The predicted octanol–water partition coefficient (Wildman–Crippen LogP) is 4.54. The minimum Gasteiger partial charge on any atom is -0.316 e. The smallest absolute Gasteiger partial charge is 0.162 e. The van der Waals surface area contributed by atoms with Crippen molar-refractivity contribution in [1.29, 1.82) is 0 Å². The van der Waals surface area contributed by atoms with E-state index in [2.05, 4.69) is 5.32 Å². The highest BCUT2D eigenvalue weighted by Gasteiger charge is 2.13. The number of rotatable bonds is 6. The molecule has 2 aromatic carbocycles. The van der Waals surface area contributed by atoms with Crippen LogP contribution in [-0.4, -0.2) is 18.8 Å². The normalized spacial score (nSPS) is 12.4. The number of halogens is 3. The van der Waals surface area contributed by atoms with Crippen LogP contribution in [0.1, 0.15) is 5.56 Å². The zero-order chi connectivity index (χ0) is 15.2. The maximum atomic E-state index is 13.7. The van der Waals surface area contributed by atoms with Crippen molar-refractivity contribution in [2.45, 2.75) is 17.4 Å². The Balaban J connectivity index is 1.97. The van der Waals surface area contributed by atoms with Crippen LogP contribution in [0.4, 0.5) is 8.78 Å². The highest BCUT2D eigenvalue weighted by molar-refractivity contribution is 7.99. The zero-order valence-corrected chi connectivity index (χ0v) is 13.1. The van der Waals surface area contributed by atoms with Crippen LogP contribution in [0.5, 0.6) is 0 Å². The van der Waals surface area contributed by atoms with Crippen LogP contribution in [0.15, 0.2) is 47.4 Å². The van der Waals surface area contributed by atoms with Gasteiger partial charge in [-0.05, 0) is 49.4 Å². The van der Waals surface area contributed by atoms with Crippen molar-refractivity contribution in [3.63, 3.8) is 0 Å². The Morgan fingerprint density at radius 1 is 1.14 bits per heavy atom. The summed E-state index contributed by atoms with van der Waals surface area (Å²) < 4.78 is 26.9. The second-order valence-corrected chi connectivity index (χ2v) is 6.20. The quantitative estimate of drug-likeness (QED) is 0.782. The van der Waals surface area contributed by atoms with E-state index in [0.29, 0.717) is 17.0 Å². The van der Waals surface area contributed by atoms with Crippen LogP contribution in [0.2, 0.25) is 5.02 Å². The lowest BCUT2D eigenvalue weighted by Crippen LogP contribution is -2.30. The predicted molar refractivity (Wildman–Crippen MR) is 85.1 cm³/mol. The van der Waals surface area contributed by atoms with Gasteiger partial charge in [-0.15, -0.1) is 11.8 Å². The lowest BCUT2D eigenvalue weighted by molar-refractivity contribution is 0.490. The summed E-state index contributed by atoms with van der Waals surface area (Å²) in [6.07, 6.45) is 0.445. The Hall–Kier alpha value is -1.10. The maximum absolute atomic E-state index is 13.7. The number of hydrogen-bond acceptors (Lipinski definition) is 2.